The van der Waals surface area contributed by atoms with Crippen LogP contribution in [-0.2, 0) is 16.1 Å². The van der Waals surface area contributed by atoms with Gasteiger partial charge in [-0.2, -0.15) is 0 Å². The van der Waals surface area contributed by atoms with Gasteiger partial charge in [0.15, 0.2) is 0 Å². The van der Waals surface area contributed by atoms with Gasteiger partial charge in [-0.25, -0.2) is 0 Å². The number of carbonyl (C=O) groups excluding carboxylic acids is 1. The fraction of sp³-hybridized carbons (Fsp3) is 0.591. The molecule has 3 aliphatic heterocycles. The van der Waals surface area contributed by atoms with Crippen LogP contribution in [0.4, 0.5) is 0 Å². The molecule has 1 amide bonds. The molecule has 3 atom stereocenters. The fourth-order valence-corrected chi connectivity index (χ4v) is 5.35. The number of ether oxygens (including phenoxy) is 1. The van der Waals surface area contributed by atoms with Crippen LogP contribution in [0.5, 0.6) is 0 Å². The molecule has 2 fully saturated rings. The highest BCUT2D eigenvalue weighted by atomic mass is 16.5. The van der Waals surface area contributed by atoms with Gasteiger partial charge in [0.2, 0.25) is 5.91 Å². The maximum Gasteiger partial charge on any atom is 0.251 e. The molecular formula is C22H28N4O4. The average molecular weight is 412 g/mol. The number of fused-ring (bicyclic) bond motifs is 4. The number of aromatic nitrogens is 2. The van der Waals surface area contributed by atoms with Crippen LogP contribution in [0.2, 0.25) is 0 Å². The summed E-state index contributed by atoms with van der Waals surface area (Å²) in [5.74, 6) is 1.19. The quantitative estimate of drug-likeness (QED) is 0.761. The normalized spacial score (nSPS) is 26.8. The minimum Gasteiger partial charge on any atom is -0.380 e. The number of hydrogen-bond acceptors (Lipinski definition) is 6. The minimum atomic E-state index is -0.454. The van der Waals surface area contributed by atoms with Crippen molar-refractivity contribution in [3.05, 3.63) is 51.8 Å². The van der Waals surface area contributed by atoms with Gasteiger partial charge in [-0.1, -0.05) is 11.2 Å². The molecule has 3 aliphatic rings. The minimum absolute atomic E-state index is 0.0534. The zero-order chi connectivity index (χ0) is 20.7. The molecule has 30 heavy (non-hydrogen) atoms. The predicted molar refractivity (Wildman–Crippen MR) is 109 cm³/mol. The SMILES string of the molecule is Cc1cc(CN2C[C@H]3C[C@@H](C2)[C@H](C(=O)N2CCCOCC2)n2c3cccc2=O)no1. The molecule has 0 spiro atoms. The molecule has 2 aromatic rings. The van der Waals surface area contributed by atoms with Gasteiger partial charge in [-0.15, -0.1) is 0 Å². The summed E-state index contributed by atoms with van der Waals surface area (Å²) >= 11 is 0. The number of amides is 1. The number of aryl methyl sites for hydroxylation is 1. The Morgan fingerprint density at radius 3 is 2.97 bits per heavy atom. The molecule has 5 heterocycles. The average Bonchev–Trinajstić information content (AvgIpc) is 2.97. The van der Waals surface area contributed by atoms with E-state index >= 15 is 0 Å². The van der Waals surface area contributed by atoms with Crippen LogP contribution in [0, 0.1) is 12.8 Å². The first kappa shape index (κ1) is 19.5. The molecule has 0 aliphatic carbocycles. The second-order valence-electron chi connectivity index (χ2n) is 8.71. The van der Waals surface area contributed by atoms with Gasteiger partial charge in [-0.05, 0) is 25.8 Å². The highest BCUT2D eigenvalue weighted by Crippen LogP contribution is 2.42. The van der Waals surface area contributed by atoms with Crippen molar-refractivity contribution >= 4 is 5.91 Å². The number of carbonyl (C=O) groups is 1. The second-order valence-corrected chi connectivity index (χ2v) is 8.71. The topological polar surface area (TPSA) is 80.8 Å². The predicted octanol–water partition coefficient (Wildman–Crippen LogP) is 1.55. The zero-order valence-corrected chi connectivity index (χ0v) is 17.3. The third kappa shape index (κ3) is 3.58. The maximum absolute atomic E-state index is 13.7. The number of hydrogen-bond donors (Lipinski definition) is 0. The summed E-state index contributed by atoms with van der Waals surface area (Å²) in [6, 6.07) is 6.91. The number of rotatable bonds is 3. The van der Waals surface area contributed by atoms with E-state index in [0.717, 1.165) is 43.1 Å². The van der Waals surface area contributed by atoms with Crippen molar-refractivity contribution in [3.63, 3.8) is 0 Å². The molecule has 2 bridgehead atoms. The van der Waals surface area contributed by atoms with E-state index in [1.165, 1.54) is 0 Å². The molecule has 2 aromatic heterocycles. The summed E-state index contributed by atoms with van der Waals surface area (Å²) in [7, 11) is 0. The monoisotopic (exact) mass is 412 g/mol. The third-order valence-corrected chi connectivity index (χ3v) is 6.57. The van der Waals surface area contributed by atoms with Crippen LogP contribution < -0.4 is 5.56 Å². The first-order valence-corrected chi connectivity index (χ1v) is 10.8. The summed E-state index contributed by atoms with van der Waals surface area (Å²) in [6.45, 7) is 6.72. The Balaban J connectivity index is 1.47. The first-order chi connectivity index (χ1) is 14.6. The maximum atomic E-state index is 13.7. The number of nitrogens with zero attached hydrogens (tertiary/aromatic N) is 4. The van der Waals surface area contributed by atoms with Crippen LogP contribution in [0.1, 0.15) is 41.9 Å². The molecule has 8 nitrogen and oxygen atoms in total. The Bertz CT molecular complexity index is 976. The number of pyridine rings is 1. The summed E-state index contributed by atoms with van der Waals surface area (Å²) in [6.07, 6.45) is 1.76. The molecule has 160 valence electrons. The van der Waals surface area contributed by atoms with Gasteiger partial charge in [0.25, 0.3) is 5.56 Å². The van der Waals surface area contributed by atoms with Crippen molar-refractivity contribution in [2.45, 2.75) is 38.3 Å². The van der Waals surface area contributed by atoms with E-state index in [1.807, 2.05) is 30.0 Å². The van der Waals surface area contributed by atoms with E-state index in [2.05, 4.69) is 10.1 Å². The van der Waals surface area contributed by atoms with Crippen LogP contribution in [0.3, 0.4) is 0 Å². The molecule has 0 N–H and O–H groups in total. The van der Waals surface area contributed by atoms with Gasteiger partial charge in [0.1, 0.15) is 11.8 Å². The van der Waals surface area contributed by atoms with Crippen molar-refractivity contribution in [2.75, 3.05) is 39.4 Å². The summed E-state index contributed by atoms with van der Waals surface area (Å²) in [5.41, 5.74) is 1.81. The van der Waals surface area contributed by atoms with E-state index in [9.17, 15) is 9.59 Å². The first-order valence-electron chi connectivity index (χ1n) is 10.8. The fourth-order valence-electron chi connectivity index (χ4n) is 5.35. The van der Waals surface area contributed by atoms with Crippen molar-refractivity contribution in [1.29, 1.82) is 0 Å². The van der Waals surface area contributed by atoms with Gasteiger partial charge in [0, 0.05) is 69.0 Å². The number of likely N-dealkylation sites (tertiary alicyclic amines) is 1. The van der Waals surface area contributed by atoms with E-state index in [4.69, 9.17) is 9.26 Å². The van der Waals surface area contributed by atoms with Crippen molar-refractivity contribution in [3.8, 4) is 0 Å². The van der Waals surface area contributed by atoms with E-state index in [0.29, 0.717) is 32.8 Å². The van der Waals surface area contributed by atoms with Gasteiger partial charge >= 0.3 is 0 Å². The van der Waals surface area contributed by atoms with Crippen LogP contribution in [-0.4, -0.2) is 64.8 Å². The Morgan fingerprint density at radius 2 is 2.13 bits per heavy atom. The van der Waals surface area contributed by atoms with Crippen LogP contribution >= 0.6 is 0 Å². The Hall–Kier alpha value is -2.45. The van der Waals surface area contributed by atoms with Crippen LogP contribution in [0.15, 0.2) is 33.6 Å². The smallest absolute Gasteiger partial charge is 0.251 e. The zero-order valence-electron chi connectivity index (χ0n) is 17.3. The lowest BCUT2D eigenvalue weighted by Crippen LogP contribution is -2.54. The summed E-state index contributed by atoms with van der Waals surface area (Å²) in [4.78, 5) is 30.8. The lowest BCUT2D eigenvalue weighted by Gasteiger charge is -2.47. The highest BCUT2D eigenvalue weighted by Gasteiger charge is 2.45. The molecule has 0 radical (unpaired) electrons. The molecule has 5 rings (SSSR count). The Labute approximate surface area is 175 Å². The molecule has 8 heteroatoms. The molecule has 0 aromatic carbocycles. The Kier molecular flexibility index (Phi) is 5.20. The molecular weight excluding hydrogens is 384 g/mol. The lowest BCUT2D eigenvalue weighted by molar-refractivity contribution is -0.138. The molecule has 0 saturated carbocycles. The van der Waals surface area contributed by atoms with E-state index < -0.39 is 6.04 Å². The van der Waals surface area contributed by atoms with E-state index in [1.54, 1.807) is 10.6 Å². The van der Waals surface area contributed by atoms with Crippen molar-refractivity contribution in [2.24, 2.45) is 5.92 Å². The highest BCUT2D eigenvalue weighted by molar-refractivity contribution is 5.81. The van der Waals surface area contributed by atoms with Crippen LogP contribution in [0.25, 0.3) is 0 Å². The third-order valence-electron chi connectivity index (χ3n) is 6.57. The largest absolute Gasteiger partial charge is 0.380 e. The summed E-state index contributed by atoms with van der Waals surface area (Å²) < 4.78 is 12.5. The standard InChI is InChI=1S/C22H28N4O4/c1-15-10-18(23-30-15)14-24-12-16-11-17(13-24)21(26-19(16)4-2-5-20(26)27)22(28)25-6-3-8-29-9-7-25/h2,4-5,10,16-17,21H,3,6-9,11-14H2,1H3/t16-,17+,21-/m1/s1. The Morgan fingerprint density at radius 1 is 1.23 bits per heavy atom. The molecule has 0 unspecified atom stereocenters. The lowest BCUT2D eigenvalue weighted by atomic mass is 9.78. The summed E-state index contributed by atoms with van der Waals surface area (Å²) in [5, 5.41) is 4.14. The van der Waals surface area contributed by atoms with Crippen molar-refractivity contribution < 1.29 is 14.1 Å². The van der Waals surface area contributed by atoms with E-state index in [-0.39, 0.29) is 23.3 Å². The molecule has 2 saturated heterocycles. The second kappa shape index (κ2) is 8.00. The van der Waals surface area contributed by atoms with Gasteiger partial charge in [0.05, 0.1) is 12.3 Å². The number of piperidine rings is 1. The van der Waals surface area contributed by atoms with Crippen molar-refractivity contribution in [1.82, 2.24) is 19.5 Å². The van der Waals surface area contributed by atoms with Gasteiger partial charge in [-0.3, -0.25) is 19.1 Å². The van der Waals surface area contributed by atoms with Gasteiger partial charge < -0.3 is 14.2 Å².